The van der Waals surface area contributed by atoms with Gasteiger partial charge in [0.1, 0.15) is 0 Å². The minimum absolute atomic E-state index is 0.145. The highest BCUT2D eigenvalue weighted by Gasteiger charge is 2.61. The molecule has 1 aromatic rings. The topological polar surface area (TPSA) is 47.3 Å². The van der Waals surface area contributed by atoms with Crippen molar-refractivity contribution in [1.29, 1.82) is 0 Å². The molecule has 5 rings (SSSR count). The molecule has 0 aromatic carbocycles. The SMILES string of the molecule is O=C(c1ccco1)[C@H](C(=O)C(F)(F)F)C12CC3CC(CC(C3)C1)C2. The number of halogens is 3. The van der Waals surface area contributed by atoms with Gasteiger partial charge in [-0.2, -0.15) is 13.2 Å². The third-order valence-electron chi connectivity index (χ3n) is 6.27. The summed E-state index contributed by atoms with van der Waals surface area (Å²) in [5.41, 5.74) is -0.842. The molecule has 4 aliphatic rings. The van der Waals surface area contributed by atoms with Crippen LogP contribution in [0.4, 0.5) is 13.2 Å². The molecule has 1 aromatic heterocycles. The third kappa shape index (κ3) is 2.42. The third-order valence-corrected chi connectivity index (χ3v) is 6.27. The molecule has 130 valence electrons. The molecule has 3 nitrogen and oxygen atoms in total. The number of furan rings is 1. The molecule has 0 N–H and O–H groups in total. The lowest BCUT2D eigenvalue weighted by atomic mass is 9.45. The summed E-state index contributed by atoms with van der Waals surface area (Å²) in [6.07, 6.45) is 0.995. The molecule has 4 saturated carbocycles. The molecule has 0 unspecified atom stereocenters. The van der Waals surface area contributed by atoms with Gasteiger partial charge in [-0.1, -0.05) is 0 Å². The summed E-state index contributed by atoms with van der Waals surface area (Å²) in [5.74, 6) is -3.45. The van der Waals surface area contributed by atoms with Crippen molar-refractivity contribution in [3.63, 3.8) is 0 Å². The first kappa shape index (κ1) is 15.9. The van der Waals surface area contributed by atoms with Gasteiger partial charge in [-0.15, -0.1) is 0 Å². The van der Waals surface area contributed by atoms with Gasteiger partial charge in [-0.25, -0.2) is 0 Å². The zero-order chi connectivity index (χ0) is 17.1. The molecular formula is C18H19F3O3. The lowest BCUT2D eigenvalue weighted by Crippen LogP contribution is -2.55. The lowest BCUT2D eigenvalue weighted by Gasteiger charge is -2.58. The van der Waals surface area contributed by atoms with Crippen molar-refractivity contribution < 1.29 is 27.2 Å². The predicted octanol–water partition coefficient (Wildman–Crippen LogP) is 4.43. The second-order valence-electron chi connectivity index (χ2n) is 7.92. The van der Waals surface area contributed by atoms with E-state index in [0.717, 1.165) is 19.3 Å². The molecule has 1 atom stereocenters. The fourth-order valence-electron chi connectivity index (χ4n) is 5.93. The summed E-state index contributed by atoms with van der Waals surface area (Å²) in [6.45, 7) is 0. The molecule has 0 amide bonds. The van der Waals surface area contributed by atoms with Crippen LogP contribution in [0.1, 0.15) is 49.1 Å². The zero-order valence-corrected chi connectivity index (χ0v) is 13.1. The number of Topliss-reactive ketones (excluding diaryl/α,β-unsaturated/α-hetero) is 2. The Labute approximate surface area is 137 Å². The van der Waals surface area contributed by atoms with E-state index in [0.29, 0.717) is 37.0 Å². The standard InChI is InChI=1S/C18H19F3O3/c19-18(20,21)16(23)14(15(22)13-2-1-3-24-13)17-7-10-4-11(8-17)6-12(5-10)9-17/h1-3,10-12,14H,4-9H2/t10?,11?,12?,14-,17?/m1/s1. The highest BCUT2D eigenvalue weighted by molar-refractivity contribution is 6.11. The average Bonchev–Trinajstić information content (AvgIpc) is 2.98. The van der Waals surface area contributed by atoms with E-state index in [1.54, 1.807) is 0 Å². The van der Waals surface area contributed by atoms with Crippen molar-refractivity contribution >= 4 is 11.6 Å². The molecule has 24 heavy (non-hydrogen) atoms. The Balaban J connectivity index is 1.75. The van der Waals surface area contributed by atoms with Crippen molar-refractivity contribution in [2.45, 2.75) is 44.7 Å². The van der Waals surface area contributed by atoms with E-state index in [1.807, 2.05) is 0 Å². The Morgan fingerprint density at radius 2 is 1.62 bits per heavy atom. The van der Waals surface area contributed by atoms with Crippen LogP contribution in [0, 0.1) is 29.1 Å². The first-order chi connectivity index (χ1) is 11.3. The van der Waals surface area contributed by atoms with Crippen LogP contribution in [0.2, 0.25) is 0 Å². The van der Waals surface area contributed by atoms with Crippen LogP contribution in [-0.4, -0.2) is 17.7 Å². The molecule has 0 aliphatic heterocycles. The van der Waals surface area contributed by atoms with Gasteiger partial charge in [0.25, 0.3) is 0 Å². The molecule has 4 fully saturated rings. The predicted molar refractivity (Wildman–Crippen MR) is 78.2 cm³/mol. The fourth-order valence-corrected chi connectivity index (χ4v) is 5.93. The Morgan fingerprint density at radius 1 is 1.08 bits per heavy atom. The Kier molecular flexibility index (Phi) is 3.45. The number of ketones is 2. The molecule has 4 aliphatic carbocycles. The number of carbonyl (C=O) groups is 2. The average molecular weight is 340 g/mol. The summed E-state index contributed by atoms with van der Waals surface area (Å²) < 4.78 is 44.8. The van der Waals surface area contributed by atoms with Crippen LogP contribution in [0.5, 0.6) is 0 Å². The van der Waals surface area contributed by atoms with E-state index < -0.39 is 29.1 Å². The van der Waals surface area contributed by atoms with Gasteiger partial charge in [0.05, 0.1) is 12.2 Å². The van der Waals surface area contributed by atoms with E-state index in [1.165, 1.54) is 18.4 Å². The maximum atomic E-state index is 13.3. The quantitative estimate of drug-likeness (QED) is 0.602. The van der Waals surface area contributed by atoms with Crippen LogP contribution in [-0.2, 0) is 4.79 Å². The number of hydrogen-bond acceptors (Lipinski definition) is 3. The van der Waals surface area contributed by atoms with Gasteiger partial charge in [-0.3, -0.25) is 9.59 Å². The Hall–Kier alpha value is -1.59. The Morgan fingerprint density at radius 3 is 2.04 bits per heavy atom. The monoisotopic (exact) mass is 340 g/mol. The smallest absolute Gasteiger partial charge is 0.450 e. The van der Waals surface area contributed by atoms with E-state index >= 15 is 0 Å². The van der Waals surface area contributed by atoms with E-state index in [4.69, 9.17) is 4.42 Å². The minimum Gasteiger partial charge on any atom is -0.461 e. The maximum Gasteiger partial charge on any atom is 0.450 e. The molecule has 4 bridgehead atoms. The van der Waals surface area contributed by atoms with Gasteiger partial charge in [0.15, 0.2) is 5.76 Å². The fraction of sp³-hybridized carbons (Fsp3) is 0.667. The highest BCUT2D eigenvalue weighted by atomic mass is 19.4. The van der Waals surface area contributed by atoms with Crippen LogP contribution in [0.15, 0.2) is 22.8 Å². The number of hydrogen-bond donors (Lipinski definition) is 0. The van der Waals surface area contributed by atoms with Gasteiger partial charge < -0.3 is 4.42 Å². The van der Waals surface area contributed by atoms with Crippen LogP contribution >= 0.6 is 0 Å². The highest BCUT2D eigenvalue weighted by Crippen LogP contribution is 2.63. The van der Waals surface area contributed by atoms with Gasteiger partial charge in [0, 0.05) is 0 Å². The number of carbonyl (C=O) groups excluding carboxylic acids is 2. The molecular weight excluding hydrogens is 321 g/mol. The van der Waals surface area contributed by atoms with Crippen molar-refractivity contribution in [2.24, 2.45) is 29.1 Å². The van der Waals surface area contributed by atoms with Crippen LogP contribution in [0.3, 0.4) is 0 Å². The van der Waals surface area contributed by atoms with E-state index in [-0.39, 0.29) is 5.76 Å². The van der Waals surface area contributed by atoms with Crippen molar-refractivity contribution in [3.05, 3.63) is 24.2 Å². The number of rotatable bonds is 4. The van der Waals surface area contributed by atoms with Gasteiger partial charge in [-0.05, 0) is 73.8 Å². The van der Waals surface area contributed by atoms with E-state index in [2.05, 4.69) is 0 Å². The van der Waals surface area contributed by atoms with Gasteiger partial charge in [0.2, 0.25) is 11.6 Å². The summed E-state index contributed by atoms with van der Waals surface area (Å²) in [4.78, 5) is 25.0. The summed E-state index contributed by atoms with van der Waals surface area (Å²) >= 11 is 0. The van der Waals surface area contributed by atoms with Gasteiger partial charge >= 0.3 is 6.18 Å². The second kappa shape index (κ2) is 5.20. The maximum absolute atomic E-state index is 13.3. The summed E-state index contributed by atoms with van der Waals surface area (Å²) in [5, 5.41) is 0. The zero-order valence-electron chi connectivity index (χ0n) is 13.1. The Bertz CT molecular complexity index is 624. The van der Waals surface area contributed by atoms with E-state index in [9.17, 15) is 22.8 Å². The second-order valence-corrected chi connectivity index (χ2v) is 7.92. The molecule has 0 saturated heterocycles. The minimum atomic E-state index is -5.00. The van der Waals surface area contributed by atoms with Crippen molar-refractivity contribution in [1.82, 2.24) is 0 Å². The molecule has 6 heteroatoms. The molecule has 0 spiro atoms. The first-order valence-electron chi connectivity index (χ1n) is 8.47. The largest absolute Gasteiger partial charge is 0.461 e. The molecule has 0 radical (unpaired) electrons. The van der Waals surface area contributed by atoms with Crippen molar-refractivity contribution in [2.75, 3.05) is 0 Å². The van der Waals surface area contributed by atoms with Crippen LogP contribution in [0.25, 0.3) is 0 Å². The summed E-state index contributed by atoms with van der Waals surface area (Å²) in [7, 11) is 0. The molecule has 1 heterocycles. The van der Waals surface area contributed by atoms with Crippen LogP contribution < -0.4 is 0 Å². The number of alkyl halides is 3. The normalized spacial score (nSPS) is 35.9. The first-order valence-corrected chi connectivity index (χ1v) is 8.47. The summed E-state index contributed by atoms with van der Waals surface area (Å²) in [6, 6.07) is 2.81. The van der Waals surface area contributed by atoms with Crippen molar-refractivity contribution in [3.8, 4) is 0 Å². The lowest BCUT2D eigenvalue weighted by molar-refractivity contribution is -0.183.